The number of H-pyrrole nitrogens is 1. The zero-order valence-electron chi connectivity index (χ0n) is 12.5. The summed E-state index contributed by atoms with van der Waals surface area (Å²) in [6, 6.07) is 8.46. The summed E-state index contributed by atoms with van der Waals surface area (Å²) >= 11 is 0. The van der Waals surface area contributed by atoms with Crippen LogP contribution < -0.4 is 5.73 Å². The van der Waals surface area contributed by atoms with Crippen LogP contribution in [0.25, 0.3) is 22.4 Å². The smallest absolute Gasteiger partial charge is 0.153 e. The summed E-state index contributed by atoms with van der Waals surface area (Å²) in [6.07, 6.45) is 3.75. The van der Waals surface area contributed by atoms with E-state index in [4.69, 9.17) is 5.73 Å². The predicted octanol–water partition coefficient (Wildman–Crippen LogP) is 3.18. The van der Waals surface area contributed by atoms with Crippen LogP contribution in [0.5, 0.6) is 0 Å². The van der Waals surface area contributed by atoms with Gasteiger partial charge in [-0.25, -0.2) is 0 Å². The van der Waals surface area contributed by atoms with Crippen LogP contribution in [-0.4, -0.2) is 20.0 Å². The molecule has 3 N–H and O–H groups in total. The molecule has 3 rings (SSSR count). The fourth-order valence-corrected chi connectivity index (χ4v) is 2.44. The summed E-state index contributed by atoms with van der Waals surface area (Å²) in [5.41, 5.74) is 11.2. The standard InChI is InChI=1S/C16H19N5/c1-10(2)11-4-6-12(7-5-11)14-15(19-20-16(14)17)13-8-18-21(3)9-13/h4-10H,1-3H3,(H3,17,19,20). The first kappa shape index (κ1) is 13.4. The summed E-state index contributed by atoms with van der Waals surface area (Å²) in [6.45, 7) is 4.37. The lowest BCUT2D eigenvalue weighted by molar-refractivity contribution is 0.768. The SMILES string of the molecule is CC(C)c1ccc(-c2c(N)n[nH]c2-c2cnn(C)c2)cc1. The number of rotatable bonds is 3. The summed E-state index contributed by atoms with van der Waals surface area (Å²) in [5, 5.41) is 11.4. The highest BCUT2D eigenvalue weighted by atomic mass is 15.2. The molecular weight excluding hydrogens is 262 g/mol. The molecule has 0 unspecified atom stereocenters. The number of anilines is 1. The third-order valence-corrected chi connectivity index (χ3v) is 3.65. The van der Waals surface area contributed by atoms with Gasteiger partial charge in [-0.05, 0) is 17.0 Å². The van der Waals surface area contributed by atoms with Crippen LogP contribution in [0.15, 0.2) is 36.7 Å². The van der Waals surface area contributed by atoms with E-state index in [9.17, 15) is 0 Å². The number of benzene rings is 1. The molecule has 0 aliphatic heterocycles. The van der Waals surface area contributed by atoms with Crippen molar-refractivity contribution in [3.63, 3.8) is 0 Å². The van der Waals surface area contributed by atoms with Crippen LogP contribution in [0.4, 0.5) is 5.82 Å². The fraction of sp³-hybridized carbons (Fsp3) is 0.250. The zero-order chi connectivity index (χ0) is 15.0. The number of hydrogen-bond acceptors (Lipinski definition) is 3. The quantitative estimate of drug-likeness (QED) is 0.774. The number of aryl methyl sites for hydroxylation is 1. The Hall–Kier alpha value is -2.56. The Balaban J connectivity index is 2.08. The molecule has 2 aromatic heterocycles. The van der Waals surface area contributed by atoms with Gasteiger partial charge >= 0.3 is 0 Å². The molecule has 0 radical (unpaired) electrons. The van der Waals surface area contributed by atoms with Gasteiger partial charge in [0.15, 0.2) is 5.82 Å². The second-order valence-corrected chi connectivity index (χ2v) is 5.54. The van der Waals surface area contributed by atoms with Gasteiger partial charge in [0.25, 0.3) is 0 Å². The molecule has 5 nitrogen and oxygen atoms in total. The third kappa shape index (κ3) is 2.42. The Morgan fingerprint density at radius 1 is 1.14 bits per heavy atom. The molecular formula is C16H19N5. The van der Waals surface area contributed by atoms with E-state index in [1.165, 1.54) is 5.56 Å². The van der Waals surface area contributed by atoms with Crippen molar-refractivity contribution in [2.45, 2.75) is 19.8 Å². The van der Waals surface area contributed by atoms with Gasteiger partial charge in [-0.1, -0.05) is 38.1 Å². The van der Waals surface area contributed by atoms with Crippen molar-refractivity contribution in [2.75, 3.05) is 5.73 Å². The Labute approximate surface area is 123 Å². The summed E-state index contributed by atoms with van der Waals surface area (Å²) in [4.78, 5) is 0. The normalized spacial score (nSPS) is 11.2. The number of hydrogen-bond donors (Lipinski definition) is 2. The molecule has 0 saturated carbocycles. The lowest BCUT2D eigenvalue weighted by Crippen LogP contribution is -1.90. The topological polar surface area (TPSA) is 72.5 Å². The second-order valence-electron chi connectivity index (χ2n) is 5.54. The molecule has 0 fully saturated rings. The van der Waals surface area contributed by atoms with Crippen LogP contribution in [0.1, 0.15) is 25.3 Å². The van der Waals surface area contributed by atoms with E-state index in [0.717, 1.165) is 22.4 Å². The number of nitrogens with one attached hydrogen (secondary N) is 1. The molecule has 21 heavy (non-hydrogen) atoms. The van der Waals surface area contributed by atoms with Gasteiger partial charge in [0.1, 0.15) is 0 Å². The van der Waals surface area contributed by atoms with Gasteiger partial charge < -0.3 is 5.73 Å². The molecule has 5 heteroatoms. The van der Waals surface area contributed by atoms with Gasteiger partial charge in [-0.3, -0.25) is 9.78 Å². The summed E-state index contributed by atoms with van der Waals surface area (Å²) < 4.78 is 1.76. The van der Waals surface area contributed by atoms with Crippen molar-refractivity contribution in [3.8, 4) is 22.4 Å². The van der Waals surface area contributed by atoms with Crippen molar-refractivity contribution in [1.82, 2.24) is 20.0 Å². The Morgan fingerprint density at radius 3 is 2.43 bits per heavy atom. The van der Waals surface area contributed by atoms with E-state index in [1.807, 2.05) is 13.2 Å². The van der Waals surface area contributed by atoms with Gasteiger partial charge in [0.05, 0.1) is 17.5 Å². The van der Waals surface area contributed by atoms with Gasteiger partial charge in [0.2, 0.25) is 0 Å². The zero-order valence-corrected chi connectivity index (χ0v) is 12.5. The number of nitrogens with zero attached hydrogens (tertiary/aromatic N) is 3. The second kappa shape index (κ2) is 5.09. The van der Waals surface area contributed by atoms with Gasteiger partial charge in [-0.2, -0.15) is 10.2 Å². The first-order valence-corrected chi connectivity index (χ1v) is 6.99. The van der Waals surface area contributed by atoms with E-state index in [-0.39, 0.29) is 0 Å². The molecule has 0 atom stereocenters. The molecule has 3 aromatic rings. The molecule has 0 amide bonds. The van der Waals surface area contributed by atoms with Gasteiger partial charge in [-0.15, -0.1) is 0 Å². The largest absolute Gasteiger partial charge is 0.382 e. The van der Waals surface area contributed by atoms with Crippen molar-refractivity contribution in [1.29, 1.82) is 0 Å². The number of aromatic amines is 1. The lowest BCUT2D eigenvalue weighted by atomic mass is 9.97. The summed E-state index contributed by atoms with van der Waals surface area (Å²) in [5.74, 6) is 1.02. The molecule has 1 aromatic carbocycles. The van der Waals surface area contributed by atoms with Crippen LogP contribution in [0.3, 0.4) is 0 Å². The Bertz CT molecular complexity index is 749. The van der Waals surface area contributed by atoms with E-state index in [2.05, 4.69) is 53.4 Å². The number of nitrogens with two attached hydrogens (primary N) is 1. The highest BCUT2D eigenvalue weighted by Gasteiger charge is 2.16. The minimum atomic E-state index is 0.506. The Morgan fingerprint density at radius 2 is 1.86 bits per heavy atom. The molecule has 108 valence electrons. The average Bonchev–Trinajstić information content (AvgIpc) is 3.05. The first-order chi connectivity index (χ1) is 10.1. The van der Waals surface area contributed by atoms with Crippen molar-refractivity contribution in [3.05, 3.63) is 42.2 Å². The third-order valence-electron chi connectivity index (χ3n) is 3.65. The maximum atomic E-state index is 6.05. The molecule has 0 spiro atoms. The maximum absolute atomic E-state index is 6.05. The summed E-state index contributed by atoms with van der Waals surface area (Å²) in [7, 11) is 1.89. The highest BCUT2D eigenvalue weighted by molar-refractivity contribution is 5.87. The van der Waals surface area contributed by atoms with Crippen LogP contribution in [0, 0.1) is 0 Å². The van der Waals surface area contributed by atoms with Crippen LogP contribution >= 0.6 is 0 Å². The van der Waals surface area contributed by atoms with E-state index in [1.54, 1.807) is 10.9 Å². The molecule has 0 saturated heterocycles. The predicted molar refractivity (Wildman–Crippen MR) is 84.7 cm³/mol. The van der Waals surface area contributed by atoms with E-state index in [0.29, 0.717) is 11.7 Å². The minimum absolute atomic E-state index is 0.506. The molecule has 0 bridgehead atoms. The Kier molecular flexibility index (Phi) is 3.25. The number of nitrogen functional groups attached to an aromatic ring is 1. The molecule has 0 aliphatic carbocycles. The molecule has 0 aliphatic rings. The molecule has 2 heterocycles. The van der Waals surface area contributed by atoms with E-state index >= 15 is 0 Å². The van der Waals surface area contributed by atoms with Crippen molar-refractivity contribution >= 4 is 5.82 Å². The number of aromatic nitrogens is 4. The monoisotopic (exact) mass is 281 g/mol. The lowest BCUT2D eigenvalue weighted by Gasteiger charge is -2.07. The average molecular weight is 281 g/mol. The van der Waals surface area contributed by atoms with Crippen molar-refractivity contribution < 1.29 is 0 Å². The van der Waals surface area contributed by atoms with Crippen LogP contribution in [0.2, 0.25) is 0 Å². The van der Waals surface area contributed by atoms with Crippen molar-refractivity contribution in [2.24, 2.45) is 7.05 Å². The van der Waals surface area contributed by atoms with Gasteiger partial charge in [0, 0.05) is 18.8 Å². The maximum Gasteiger partial charge on any atom is 0.153 e. The first-order valence-electron chi connectivity index (χ1n) is 6.99. The van der Waals surface area contributed by atoms with Crippen LogP contribution in [-0.2, 0) is 7.05 Å². The highest BCUT2D eigenvalue weighted by Crippen LogP contribution is 2.34. The fourth-order valence-electron chi connectivity index (χ4n) is 2.44. The minimum Gasteiger partial charge on any atom is -0.382 e. The van der Waals surface area contributed by atoms with E-state index < -0.39 is 0 Å².